The molecule has 1 aliphatic heterocycles. The minimum absolute atomic E-state index is 0.0265. The normalized spacial score (nSPS) is 18.3. The van der Waals surface area contributed by atoms with E-state index < -0.39 is 0 Å². The maximum absolute atomic E-state index is 12.1. The van der Waals surface area contributed by atoms with Gasteiger partial charge in [0.25, 0.3) is 5.91 Å². The van der Waals surface area contributed by atoms with Crippen molar-refractivity contribution in [1.29, 1.82) is 0 Å². The van der Waals surface area contributed by atoms with Crippen LogP contribution in [-0.2, 0) is 6.54 Å². The summed E-state index contributed by atoms with van der Waals surface area (Å²) >= 11 is 0. The molecule has 2 heterocycles. The molecule has 0 unspecified atom stereocenters. The summed E-state index contributed by atoms with van der Waals surface area (Å²) in [5, 5.41) is 4.07. The highest BCUT2D eigenvalue weighted by molar-refractivity contribution is 5.94. The van der Waals surface area contributed by atoms with Gasteiger partial charge in [-0.15, -0.1) is 0 Å². The third-order valence-corrected chi connectivity index (χ3v) is 4.17. The summed E-state index contributed by atoms with van der Waals surface area (Å²) in [7, 11) is 3.54. The number of hydrogen-bond donors (Lipinski definition) is 0. The molecule has 0 spiro atoms. The standard InChI is InChI=1S/C17H22N4O2/c1-12-18-16(19-23-12)15-8-5-9-21(15)11-13-6-4-7-14(10-13)17(22)20(2)3/h4,6-7,10,15H,5,8-9,11H2,1-3H3/t15-/m0/s1. The van der Waals surface area contributed by atoms with Crippen molar-refractivity contribution in [2.75, 3.05) is 20.6 Å². The molecule has 23 heavy (non-hydrogen) atoms. The first kappa shape index (κ1) is 15.7. The average molecular weight is 314 g/mol. The van der Waals surface area contributed by atoms with E-state index in [0.29, 0.717) is 5.89 Å². The zero-order valence-corrected chi connectivity index (χ0v) is 13.8. The maximum atomic E-state index is 12.1. The molecule has 0 radical (unpaired) electrons. The Bertz CT molecular complexity index is 695. The molecule has 1 aromatic heterocycles. The fraction of sp³-hybridized carbons (Fsp3) is 0.471. The van der Waals surface area contributed by atoms with Crippen molar-refractivity contribution in [3.8, 4) is 0 Å². The highest BCUT2D eigenvalue weighted by Gasteiger charge is 2.29. The van der Waals surface area contributed by atoms with Crippen molar-refractivity contribution >= 4 is 5.91 Å². The van der Waals surface area contributed by atoms with Crippen LogP contribution in [0.4, 0.5) is 0 Å². The summed E-state index contributed by atoms with van der Waals surface area (Å²) in [6, 6.07) is 8.02. The van der Waals surface area contributed by atoms with Gasteiger partial charge in [-0.1, -0.05) is 17.3 Å². The van der Waals surface area contributed by atoms with E-state index in [1.54, 1.807) is 19.0 Å². The molecule has 2 aromatic rings. The Labute approximate surface area is 136 Å². The lowest BCUT2D eigenvalue weighted by Crippen LogP contribution is -2.24. The molecule has 0 N–H and O–H groups in total. The highest BCUT2D eigenvalue weighted by atomic mass is 16.5. The Balaban J connectivity index is 1.76. The van der Waals surface area contributed by atoms with Gasteiger partial charge in [0, 0.05) is 33.1 Å². The van der Waals surface area contributed by atoms with Crippen LogP contribution in [0.3, 0.4) is 0 Å². The van der Waals surface area contributed by atoms with Gasteiger partial charge >= 0.3 is 0 Å². The third-order valence-electron chi connectivity index (χ3n) is 4.17. The van der Waals surface area contributed by atoms with Gasteiger partial charge < -0.3 is 9.42 Å². The van der Waals surface area contributed by atoms with Crippen LogP contribution in [0.5, 0.6) is 0 Å². The molecule has 1 fully saturated rings. The Morgan fingerprint density at radius 1 is 1.43 bits per heavy atom. The molecule has 1 aromatic carbocycles. The second-order valence-corrected chi connectivity index (χ2v) is 6.20. The molecule has 1 atom stereocenters. The molecule has 0 bridgehead atoms. The number of amides is 1. The van der Waals surface area contributed by atoms with Gasteiger partial charge in [0.2, 0.25) is 5.89 Å². The summed E-state index contributed by atoms with van der Waals surface area (Å²) in [6.45, 7) is 3.60. The van der Waals surface area contributed by atoms with Crippen molar-refractivity contribution in [2.45, 2.75) is 32.4 Å². The largest absolute Gasteiger partial charge is 0.345 e. The van der Waals surface area contributed by atoms with E-state index in [2.05, 4.69) is 21.1 Å². The number of likely N-dealkylation sites (tertiary alicyclic amines) is 1. The second-order valence-electron chi connectivity index (χ2n) is 6.20. The Hall–Kier alpha value is -2.21. The number of aromatic nitrogens is 2. The fourth-order valence-corrected chi connectivity index (χ4v) is 3.05. The van der Waals surface area contributed by atoms with Crippen LogP contribution in [0.1, 0.15) is 46.5 Å². The molecule has 3 rings (SSSR count). The van der Waals surface area contributed by atoms with Gasteiger partial charge in [-0.25, -0.2) is 0 Å². The van der Waals surface area contributed by atoms with Crippen LogP contribution >= 0.6 is 0 Å². The molecule has 6 heteroatoms. The van der Waals surface area contributed by atoms with E-state index in [-0.39, 0.29) is 11.9 Å². The second kappa shape index (κ2) is 6.50. The summed E-state index contributed by atoms with van der Waals surface area (Å²) < 4.78 is 5.11. The van der Waals surface area contributed by atoms with Crippen molar-refractivity contribution in [3.63, 3.8) is 0 Å². The van der Waals surface area contributed by atoms with E-state index in [1.807, 2.05) is 25.1 Å². The van der Waals surface area contributed by atoms with Crippen LogP contribution in [-0.4, -0.2) is 46.5 Å². The quantitative estimate of drug-likeness (QED) is 0.867. The SMILES string of the molecule is Cc1nc([C@@H]2CCCN2Cc2cccc(C(=O)N(C)C)c2)no1. The summed E-state index contributed by atoms with van der Waals surface area (Å²) in [5.74, 6) is 1.39. The molecule has 6 nitrogen and oxygen atoms in total. The zero-order valence-electron chi connectivity index (χ0n) is 13.8. The fourth-order valence-electron chi connectivity index (χ4n) is 3.05. The lowest BCUT2D eigenvalue weighted by molar-refractivity contribution is 0.0827. The number of nitrogens with zero attached hydrogens (tertiary/aromatic N) is 4. The molecule has 1 saturated heterocycles. The van der Waals surface area contributed by atoms with E-state index in [1.165, 1.54) is 0 Å². The minimum atomic E-state index is 0.0265. The summed E-state index contributed by atoms with van der Waals surface area (Å²) in [6.07, 6.45) is 2.16. The van der Waals surface area contributed by atoms with Crippen LogP contribution in [0.25, 0.3) is 0 Å². The number of aryl methyl sites for hydroxylation is 1. The molecular weight excluding hydrogens is 292 g/mol. The Morgan fingerprint density at radius 3 is 2.96 bits per heavy atom. The van der Waals surface area contributed by atoms with Crippen molar-refractivity contribution in [3.05, 3.63) is 47.1 Å². The summed E-state index contributed by atoms with van der Waals surface area (Å²) in [4.78, 5) is 20.4. The van der Waals surface area contributed by atoms with Crippen LogP contribution in [0.15, 0.2) is 28.8 Å². The average Bonchev–Trinajstić information content (AvgIpc) is 3.15. The number of benzene rings is 1. The number of hydrogen-bond acceptors (Lipinski definition) is 5. The predicted molar refractivity (Wildman–Crippen MR) is 85.9 cm³/mol. The highest BCUT2D eigenvalue weighted by Crippen LogP contribution is 2.31. The number of carbonyl (C=O) groups is 1. The lowest BCUT2D eigenvalue weighted by Gasteiger charge is -2.22. The maximum Gasteiger partial charge on any atom is 0.253 e. The van der Waals surface area contributed by atoms with Gasteiger partial charge in [-0.05, 0) is 37.1 Å². The van der Waals surface area contributed by atoms with E-state index in [9.17, 15) is 4.79 Å². The topological polar surface area (TPSA) is 62.5 Å². The number of rotatable bonds is 4. The molecule has 122 valence electrons. The molecular formula is C17H22N4O2. The minimum Gasteiger partial charge on any atom is -0.345 e. The zero-order chi connectivity index (χ0) is 16.4. The van der Waals surface area contributed by atoms with E-state index in [4.69, 9.17) is 4.52 Å². The van der Waals surface area contributed by atoms with Gasteiger partial charge in [0.05, 0.1) is 6.04 Å². The van der Waals surface area contributed by atoms with Crippen molar-refractivity contribution in [2.24, 2.45) is 0 Å². The van der Waals surface area contributed by atoms with E-state index in [0.717, 1.165) is 42.9 Å². The predicted octanol–water partition coefficient (Wildman–Crippen LogP) is 2.42. The molecule has 1 amide bonds. The first-order valence-corrected chi connectivity index (χ1v) is 7.89. The summed E-state index contributed by atoms with van der Waals surface area (Å²) in [5.41, 5.74) is 1.85. The molecule has 1 aliphatic rings. The van der Waals surface area contributed by atoms with Crippen LogP contribution < -0.4 is 0 Å². The smallest absolute Gasteiger partial charge is 0.253 e. The van der Waals surface area contributed by atoms with Crippen LogP contribution in [0, 0.1) is 6.92 Å². The molecule has 0 aliphatic carbocycles. The first-order valence-electron chi connectivity index (χ1n) is 7.89. The monoisotopic (exact) mass is 314 g/mol. The Kier molecular flexibility index (Phi) is 4.43. The first-order chi connectivity index (χ1) is 11.0. The lowest BCUT2D eigenvalue weighted by atomic mass is 10.1. The Morgan fingerprint density at radius 2 is 2.26 bits per heavy atom. The number of carbonyl (C=O) groups excluding carboxylic acids is 1. The van der Waals surface area contributed by atoms with Gasteiger partial charge in [-0.3, -0.25) is 9.69 Å². The van der Waals surface area contributed by atoms with E-state index >= 15 is 0 Å². The van der Waals surface area contributed by atoms with Crippen LogP contribution in [0.2, 0.25) is 0 Å². The third kappa shape index (κ3) is 3.42. The molecule has 0 saturated carbocycles. The van der Waals surface area contributed by atoms with Crippen molar-refractivity contribution < 1.29 is 9.32 Å². The van der Waals surface area contributed by atoms with Gasteiger partial charge in [0.1, 0.15) is 0 Å². The van der Waals surface area contributed by atoms with Gasteiger partial charge in [-0.2, -0.15) is 4.98 Å². The van der Waals surface area contributed by atoms with Crippen molar-refractivity contribution in [1.82, 2.24) is 19.9 Å². The van der Waals surface area contributed by atoms with Gasteiger partial charge in [0.15, 0.2) is 5.82 Å².